The van der Waals surface area contributed by atoms with Gasteiger partial charge in [0.15, 0.2) is 0 Å². The average Bonchev–Trinajstić information content (AvgIpc) is 3.03. The van der Waals surface area contributed by atoms with Crippen molar-refractivity contribution in [2.75, 3.05) is 6.54 Å². The van der Waals surface area contributed by atoms with Crippen LogP contribution < -0.4 is 4.74 Å². The third-order valence-corrected chi connectivity index (χ3v) is 4.47. The molecule has 1 aromatic carbocycles. The van der Waals surface area contributed by atoms with Gasteiger partial charge < -0.3 is 9.26 Å². The summed E-state index contributed by atoms with van der Waals surface area (Å²) < 4.78 is 11.1. The summed E-state index contributed by atoms with van der Waals surface area (Å²) in [6.45, 7) is 7.66. The first-order valence-electron chi connectivity index (χ1n) is 8.66. The summed E-state index contributed by atoms with van der Waals surface area (Å²) in [5, 5.41) is 4.14. The maximum Gasteiger partial charge on any atom is 0.321 e. The Labute approximate surface area is 152 Å². The van der Waals surface area contributed by atoms with E-state index in [2.05, 4.69) is 45.8 Å². The van der Waals surface area contributed by atoms with Gasteiger partial charge in [0.2, 0.25) is 11.7 Å². The van der Waals surface area contributed by atoms with Crippen LogP contribution in [0.5, 0.6) is 11.8 Å². The normalized spacial score (nSPS) is 17.7. The molecular weight excluding hydrogens is 330 g/mol. The van der Waals surface area contributed by atoms with E-state index < -0.39 is 0 Å². The van der Waals surface area contributed by atoms with Gasteiger partial charge in [-0.2, -0.15) is 4.98 Å². The lowest BCUT2D eigenvalue weighted by Crippen LogP contribution is -2.52. The molecule has 3 aromatic rings. The third-order valence-electron chi connectivity index (χ3n) is 4.47. The standard InChI is InChI=1S/C19H21N5O2/c1-19(2,3)24-12-9-15(24)17-22-16(23-26-17)13-5-7-14(8-6-13)25-18-20-10-4-11-21-18/h4-8,10-11,15H,9,12H2,1-3H3. The molecule has 0 N–H and O–H groups in total. The van der Waals surface area contributed by atoms with Crippen LogP contribution in [0.4, 0.5) is 0 Å². The Kier molecular flexibility index (Phi) is 4.16. The number of aromatic nitrogens is 4. The van der Waals surface area contributed by atoms with Crippen LogP contribution in [0.15, 0.2) is 47.2 Å². The van der Waals surface area contributed by atoms with Crippen LogP contribution in [0.2, 0.25) is 0 Å². The highest BCUT2D eigenvalue weighted by Crippen LogP contribution is 2.38. The number of nitrogens with zero attached hydrogens (tertiary/aromatic N) is 5. The lowest BCUT2D eigenvalue weighted by atomic mass is 9.93. The first-order valence-corrected chi connectivity index (χ1v) is 8.66. The van der Waals surface area contributed by atoms with Crippen LogP contribution in [0.1, 0.15) is 39.1 Å². The van der Waals surface area contributed by atoms with Crippen molar-refractivity contribution < 1.29 is 9.26 Å². The second-order valence-electron chi connectivity index (χ2n) is 7.28. The van der Waals surface area contributed by atoms with E-state index >= 15 is 0 Å². The van der Waals surface area contributed by atoms with Gasteiger partial charge in [0, 0.05) is 30.0 Å². The topological polar surface area (TPSA) is 77.2 Å². The van der Waals surface area contributed by atoms with E-state index in [0.717, 1.165) is 18.5 Å². The lowest BCUT2D eigenvalue weighted by molar-refractivity contribution is -0.0159. The molecule has 2 aromatic heterocycles. The van der Waals surface area contributed by atoms with E-state index in [1.54, 1.807) is 18.5 Å². The van der Waals surface area contributed by atoms with Gasteiger partial charge in [0.1, 0.15) is 5.75 Å². The Bertz CT molecular complexity index is 871. The maximum absolute atomic E-state index is 5.60. The Morgan fingerprint density at radius 1 is 1.12 bits per heavy atom. The number of hydrogen-bond donors (Lipinski definition) is 0. The fourth-order valence-corrected chi connectivity index (χ4v) is 3.05. The summed E-state index contributed by atoms with van der Waals surface area (Å²) in [7, 11) is 0. The summed E-state index contributed by atoms with van der Waals surface area (Å²) in [4.78, 5) is 15.1. The smallest absolute Gasteiger partial charge is 0.321 e. The van der Waals surface area contributed by atoms with Crippen molar-refractivity contribution in [2.24, 2.45) is 0 Å². The zero-order chi connectivity index (χ0) is 18.1. The minimum absolute atomic E-state index is 0.0933. The van der Waals surface area contributed by atoms with Crippen LogP contribution >= 0.6 is 0 Å². The van der Waals surface area contributed by atoms with Crippen molar-refractivity contribution in [1.29, 1.82) is 0 Å². The number of likely N-dealkylation sites (tertiary alicyclic amines) is 1. The van der Waals surface area contributed by atoms with Crippen molar-refractivity contribution in [3.05, 3.63) is 48.6 Å². The van der Waals surface area contributed by atoms with Crippen LogP contribution in [0, 0.1) is 0 Å². The third kappa shape index (κ3) is 3.30. The molecule has 4 rings (SSSR count). The van der Waals surface area contributed by atoms with Gasteiger partial charge in [-0.25, -0.2) is 9.97 Å². The number of hydrogen-bond acceptors (Lipinski definition) is 7. The number of rotatable bonds is 4. The number of benzene rings is 1. The molecule has 0 bridgehead atoms. The first-order chi connectivity index (χ1) is 12.5. The predicted molar refractivity (Wildman–Crippen MR) is 95.7 cm³/mol. The van der Waals surface area contributed by atoms with Crippen LogP contribution in [-0.2, 0) is 0 Å². The zero-order valence-corrected chi connectivity index (χ0v) is 15.1. The van der Waals surface area contributed by atoms with Gasteiger partial charge in [-0.15, -0.1) is 0 Å². The van der Waals surface area contributed by atoms with E-state index in [1.807, 2.05) is 24.3 Å². The van der Waals surface area contributed by atoms with Crippen LogP contribution in [-0.4, -0.2) is 37.1 Å². The molecule has 1 fully saturated rings. The largest absolute Gasteiger partial charge is 0.424 e. The molecule has 1 saturated heterocycles. The molecule has 134 valence electrons. The number of ether oxygens (including phenoxy) is 1. The fraction of sp³-hybridized carbons (Fsp3) is 0.368. The van der Waals surface area contributed by atoms with E-state index in [1.165, 1.54) is 0 Å². The first kappa shape index (κ1) is 16.7. The van der Waals surface area contributed by atoms with Gasteiger partial charge in [-0.3, -0.25) is 4.90 Å². The SMILES string of the molecule is CC(C)(C)N1CCC1c1nc(-c2ccc(Oc3ncccn3)cc2)no1. The molecule has 0 aliphatic carbocycles. The minimum Gasteiger partial charge on any atom is -0.424 e. The highest BCUT2D eigenvalue weighted by Gasteiger charge is 2.40. The quantitative estimate of drug-likeness (QED) is 0.706. The molecule has 1 atom stereocenters. The molecule has 1 aliphatic rings. The Balaban J connectivity index is 1.48. The molecule has 7 heteroatoms. The van der Waals surface area contributed by atoms with Crippen LogP contribution in [0.3, 0.4) is 0 Å². The molecular formula is C19H21N5O2. The second-order valence-corrected chi connectivity index (χ2v) is 7.28. The van der Waals surface area contributed by atoms with Crippen molar-refractivity contribution in [1.82, 2.24) is 25.0 Å². The molecule has 7 nitrogen and oxygen atoms in total. The van der Waals surface area contributed by atoms with E-state index in [9.17, 15) is 0 Å². The Morgan fingerprint density at radius 3 is 2.46 bits per heavy atom. The van der Waals surface area contributed by atoms with Gasteiger partial charge in [-0.1, -0.05) is 5.16 Å². The van der Waals surface area contributed by atoms with Crippen molar-refractivity contribution in [3.63, 3.8) is 0 Å². The molecule has 0 saturated carbocycles. The summed E-state index contributed by atoms with van der Waals surface area (Å²) in [6, 6.07) is 9.74. The Morgan fingerprint density at radius 2 is 1.85 bits per heavy atom. The van der Waals surface area contributed by atoms with Gasteiger partial charge in [0.05, 0.1) is 6.04 Å². The molecule has 0 radical (unpaired) electrons. The van der Waals surface area contributed by atoms with Crippen molar-refractivity contribution >= 4 is 0 Å². The van der Waals surface area contributed by atoms with Gasteiger partial charge in [-0.05, 0) is 57.5 Å². The maximum atomic E-state index is 5.60. The highest BCUT2D eigenvalue weighted by atomic mass is 16.5. The predicted octanol–water partition coefficient (Wildman–Crippen LogP) is 3.86. The Hall–Kier alpha value is -2.80. The molecule has 1 unspecified atom stereocenters. The van der Waals surface area contributed by atoms with E-state index in [0.29, 0.717) is 23.5 Å². The monoisotopic (exact) mass is 351 g/mol. The average molecular weight is 351 g/mol. The van der Waals surface area contributed by atoms with E-state index in [4.69, 9.17) is 9.26 Å². The second kappa shape index (κ2) is 6.49. The molecule has 0 spiro atoms. The minimum atomic E-state index is 0.0933. The summed E-state index contributed by atoms with van der Waals surface area (Å²) in [5.74, 6) is 1.92. The fourth-order valence-electron chi connectivity index (χ4n) is 3.05. The van der Waals surface area contributed by atoms with Crippen molar-refractivity contribution in [2.45, 2.75) is 38.8 Å². The highest BCUT2D eigenvalue weighted by molar-refractivity contribution is 5.55. The van der Waals surface area contributed by atoms with E-state index in [-0.39, 0.29) is 11.6 Å². The molecule has 1 aliphatic heterocycles. The zero-order valence-electron chi connectivity index (χ0n) is 15.1. The summed E-state index contributed by atoms with van der Waals surface area (Å²) >= 11 is 0. The van der Waals surface area contributed by atoms with Gasteiger partial charge >= 0.3 is 6.01 Å². The summed E-state index contributed by atoms with van der Waals surface area (Å²) in [5.41, 5.74) is 0.971. The lowest BCUT2D eigenvalue weighted by Gasteiger charge is -2.47. The molecule has 3 heterocycles. The molecule has 0 amide bonds. The summed E-state index contributed by atoms with van der Waals surface area (Å²) in [6.07, 6.45) is 4.32. The molecule has 26 heavy (non-hydrogen) atoms. The van der Waals surface area contributed by atoms with Crippen LogP contribution in [0.25, 0.3) is 11.4 Å². The van der Waals surface area contributed by atoms with Crippen molar-refractivity contribution in [3.8, 4) is 23.1 Å². The van der Waals surface area contributed by atoms with Gasteiger partial charge in [0.25, 0.3) is 0 Å².